The van der Waals surface area contributed by atoms with Gasteiger partial charge < -0.3 is 0 Å². The Morgan fingerprint density at radius 3 is 1.94 bits per heavy atom. The smallest absolute Gasteiger partial charge is 0.263 e. The highest BCUT2D eigenvalue weighted by atomic mass is 16.2. The molecule has 0 aliphatic carbocycles. The number of carbonyl (C=O) groups is 2. The summed E-state index contributed by atoms with van der Waals surface area (Å²) in [5, 5.41) is 10.3. The third-order valence-corrected chi connectivity index (χ3v) is 7.12. The van der Waals surface area contributed by atoms with Crippen LogP contribution in [0.25, 0.3) is 0 Å². The molecule has 0 aromatic heterocycles. The normalized spacial score (nSPS) is 26.9. The third-order valence-electron chi connectivity index (χ3n) is 7.12. The van der Waals surface area contributed by atoms with Gasteiger partial charge in [-0.1, -0.05) is 78.9 Å². The minimum Gasteiger partial charge on any atom is -0.273 e. The van der Waals surface area contributed by atoms with E-state index in [-0.39, 0.29) is 17.9 Å². The minimum absolute atomic E-state index is 0.0421. The van der Waals surface area contributed by atoms with E-state index in [4.69, 9.17) is 5.10 Å². The Morgan fingerprint density at radius 1 is 0.788 bits per heavy atom. The summed E-state index contributed by atoms with van der Waals surface area (Å²) >= 11 is 0. The topological polar surface area (TPSA) is 56.2 Å². The Labute approximate surface area is 192 Å². The lowest BCUT2D eigenvalue weighted by atomic mass is 9.67. The first-order chi connectivity index (χ1) is 16.1. The van der Waals surface area contributed by atoms with Gasteiger partial charge in [-0.3, -0.25) is 14.6 Å². The quantitative estimate of drug-likeness (QED) is 0.614. The molecule has 3 atom stereocenters. The van der Waals surface area contributed by atoms with E-state index >= 15 is 0 Å². The van der Waals surface area contributed by atoms with Crippen LogP contribution < -0.4 is 5.01 Å². The molecule has 0 N–H and O–H groups in total. The number of fused-ring (bicyclic) bond motifs is 1. The number of nitrogens with zero attached hydrogens (tertiary/aromatic N) is 4. The predicted octanol–water partition coefficient (Wildman–Crippen LogP) is 4.34. The van der Waals surface area contributed by atoms with Crippen molar-refractivity contribution in [1.29, 1.82) is 0 Å². The Balaban J connectivity index is 1.62. The number of rotatable bonds is 3. The Morgan fingerprint density at radius 2 is 1.33 bits per heavy atom. The van der Waals surface area contributed by atoms with Gasteiger partial charge in [0, 0.05) is 13.0 Å². The van der Waals surface area contributed by atoms with Crippen LogP contribution in [0.3, 0.4) is 0 Å². The fraction of sp³-hybridized carbons (Fsp3) is 0.222. The van der Waals surface area contributed by atoms with Gasteiger partial charge in [0.25, 0.3) is 5.91 Å². The predicted molar refractivity (Wildman–Crippen MR) is 126 cm³/mol. The molecule has 0 saturated carbocycles. The van der Waals surface area contributed by atoms with Crippen molar-refractivity contribution in [2.45, 2.75) is 25.4 Å². The molecule has 0 bridgehead atoms. The number of anilines is 1. The summed E-state index contributed by atoms with van der Waals surface area (Å²) in [6.45, 7) is 2.51. The molecule has 6 heteroatoms. The summed E-state index contributed by atoms with van der Waals surface area (Å²) < 4.78 is 0. The molecule has 1 spiro atoms. The fourth-order valence-corrected chi connectivity index (χ4v) is 5.79. The number of hydrogen-bond acceptors (Lipinski definition) is 4. The first-order valence-corrected chi connectivity index (χ1v) is 11.3. The van der Waals surface area contributed by atoms with Gasteiger partial charge in [0.2, 0.25) is 5.91 Å². The maximum atomic E-state index is 14.5. The van der Waals surface area contributed by atoms with Crippen LogP contribution in [0.2, 0.25) is 0 Å². The van der Waals surface area contributed by atoms with Gasteiger partial charge in [-0.15, -0.1) is 0 Å². The number of hydrazone groups is 1. The van der Waals surface area contributed by atoms with E-state index < -0.39 is 11.5 Å². The van der Waals surface area contributed by atoms with E-state index in [2.05, 4.69) is 5.01 Å². The maximum absolute atomic E-state index is 14.5. The third kappa shape index (κ3) is 2.67. The minimum atomic E-state index is -1.03. The van der Waals surface area contributed by atoms with Crippen LogP contribution in [0, 0.1) is 5.41 Å². The SMILES string of the molecule is CC1=NN(c2ccccc2)C(=O)[C@]12[C@H](c1ccccc1)N1C(=O)CCN1[C@@H]2c1ccccc1. The van der Waals surface area contributed by atoms with E-state index in [9.17, 15) is 9.59 Å². The van der Waals surface area contributed by atoms with Gasteiger partial charge in [0.15, 0.2) is 0 Å². The molecule has 3 heterocycles. The lowest BCUT2D eigenvalue weighted by molar-refractivity contribution is -0.139. The van der Waals surface area contributed by atoms with E-state index in [0.29, 0.717) is 13.0 Å². The number of para-hydroxylation sites is 1. The Hall–Kier alpha value is -3.77. The largest absolute Gasteiger partial charge is 0.273 e. The van der Waals surface area contributed by atoms with Gasteiger partial charge in [-0.25, -0.2) is 5.01 Å². The average Bonchev–Trinajstić information content (AvgIpc) is 3.47. The van der Waals surface area contributed by atoms with Crippen LogP contribution in [0.1, 0.15) is 36.6 Å². The standard InChI is InChI=1S/C27H24N4O2/c1-19-27(26(33)30(28-19)22-15-9-4-10-16-22)24(20-11-5-2-6-12-20)29-18-17-23(32)31(29)25(27)21-13-7-3-8-14-21/h2-16,24-25H,17-18H2,1H3/t24-,25+,27-/m1/s1. The van der Waals surface area contributed by atoms with Crippen molar-refractivity contribution in [2.24, 2.45) is 10.5 Å². The molecule has 6 rings (SSSR count). The van der Waals surface area contributed by atoms with Crippen molar-refractivity contribution < 1.29 is 9.59 Å². The van der Waals surface area contributed by atoms with Crippen molar-refractivity contribution in [3.05, 3.63) is 102 Å². The zero-order chi connectivity index (χ0) is 22.6. The molecule has 3 aromatic rings. The molecule has 6 nitrogen and oxygen atoms in total. The van der Waals surface area contributed by atoms with Crippen LogP contribution in [-0.2, 0) is 9.59 Å². The number of amides is 2. The van der Waals surface area contributed by atoms with E-state index in [1.165, 1.54) is 5.01 Å². The molecule has 2 saturated heterocycles. The van der Waals surface area contributed by atoms with E-state index in [1.54, 1.807) is 0 Å². The van der Waals surface area contributed by atoms with Crippen molar-refractivity contribution in [2.75, 3.05) is 11.6 Å². The lowest BCUT2D eigenvalue weighted by Crippen LogP contribution is -2.47. The summed E-state index contributed by atoms with van der Waals surface area (Å²) in [7, 11) is 0. The maximum Gasteiger partial charge on any atom is 0.263 e. The average molecular weight is 437 g/mol. The molecule has 3 aromatic carbocycles. The first kappa shape index (κ1) is 19.9. The van der Waals surface area contributed by atoms with Crippen LogP contribution >= 0.6 is 0 Å². The van der Waals surface area contributed by atoms with E-state index in [1.807, 2.05) is 103 Å². The molecule has 0 radical (unpaired) electrons. The second-order valence-electron chi connectivity index (χ2n) is 8.78. The van der Waals surface area contributed by atoms with Gasteiger partial charge in [-0.05, 0) is 30.2 Å². The first-order valence-electron chi connectivity index (χ1n) is 11.3. The number of benzene rings is 3. The van der Waals surface area contributed by atoms with Gasteiger partial charge in [0.1, 0.15) is 5.41 Å². The highest BCUT2D eigenvalue weighted by molar-refractivity contribution is 6.20. The molecular weight excluding hydrogens is 412 g/mol. The monoisotopic (exact) mass is 436 g/mol. The molecule has 164 valence electrons. The second kappa shape index (κ2) is 7.39. The highest BCUT2D eigenvalue weighted by Gasteiger charge is 2.70. The lowest BCUT2D eigenvalue weighted by Gasteiger charge is -2.35. The summed E-state index contributed by atoms with van der Waals surface area (Å²) in [4.78, 5) is 27.7. The molecule has 0 unspecified atom stereocenters. The zero-order valence-corrected chi connectivity index (χ0v) is 18.3. The number of carbonyl (C=O) groups excluding carboxylic acids is 2. The van der Waals surface area contributed by atoms with E-state index in [0.717, 1.165) is 22.5 Å². The molecule has 2 fully saturated rings. The molecule has 3 aliphatic rings. The summed E-state index contributed by atoms with van der Waals surface area (Å²) in [6.07, 6.45) is 0.440. The molecule has 3 aliphatic heterocycles. The van der Waals surface area contributed by atoms with Gasteiger partial charge in [-0.2, -0.15) is 10.1 Å². The second-order valence-corrected chi connectivity index (χ2v) is 8.78. The number of hydrogen-bond donors (Lipinski definition) is 0. The van der Waals surface area contributed by atoms with Crippen LogP contribution in [-0.4, -0.2) is 34.1 Å². The number of hydrazine groups is 1. The molecular formula is C27H24N4O2. The van der Waals surface area contributed by atoms with Crippen molar-refractivity contribution in [1.82, 2.24) is 10.0 Å². The summed E-state index contributed by atoms with van der Waals surface area (Å²) in [6, 6.07) is 28.7. The molecule has 33 heavy (non-hydrogen) atoms. The summed E-state index contributed by atoms with van der Waals surface area (Å²) in [5.41, 5.74) is 2.36. The van der Waals surface area contributed by atoms with Gasteiger partial charge >= 0.3 is 0 Å². The van der Waals surface area contributed by atoms with Gasteiger partial charge in [0.05, 0.1) is 23.5 Å². The zero-order valence-electron chi connectivity index (χ0n) is 18.3. The van der Waals surface area contributed by atoms with Crippen molar-refractivity contribution in [3.8, 4) is 0 Å². The van der Waals surface area contributed by atoms with Crippen LogP contribution in [0.15, 0.2) is 96.1 Å². The van der Waals surface area contributed by atoms with Crippen molar-refractivity contribution in [3.63, 3.8) is 0 Å². The summed E-state index contributed by atoms with van der Waals surface area (Å²) in [5.74, 6) is -0.0588. The molecule has 2 amide bonds. The fourth-order valence-electron chi connectivity index (χ4n) is 5.79. The highest BCUT2D eigenvalue weighted by Crippen LogP contribution is 2.62. The Bertz CT molecular complexity index is 1240. The Kier molecular flexibility index (Phi) is 4.45. The van der Waals surface area contributed by atoms with Crippen LogP contribution in [0.5, 0.6) is 0 Å². The van der Waals surface area contributed by atoms with Crippen molar-refractivity contribution >= 4 is 23.2 Å². The van der Waals surface area contributed by atoms with Crippen LogP contribution in [0.4, 0.5) is 5.69 Å².